The van der Waals surface area contributed by atoms with E-state index in [0.717, 1.165) is 16.9 Å². The van der Waals surface area contributed by atoms with E-state index in [1.165, 1.54) is 22.4 Å². The van der Waals surface area contributed by atoms with Gasteiger partial charge in [0.25, 0.3) is 0 Å². The van der Waals surface area contributed by atoms with Crippen molar-refractivity contribution in [1.82, 2.24) is 14.5 Å². The van der Waals surface area contributed by atoms with Gasteiger partial charge < -0.3 is 15.2 Å². The van der Waals surface area contributed by atoms with Crippen LogP contribution < -0.4 is 0 Å². The lowest BCUT2D eigenvalue weighted by Crippen LogP contribution is -1.92. The number of aromatic hydroxyl groups is 2. The molecule has 0 fully saturated rings. The van der Waals surface area contributed by atoms with Gasteiger partial charge in [-0.15, -0.1) is 11.8 Å². The maximum atomic E-state index is 10.5. The highest BCUT2D eigenvalue weighted by Gasteiger charge is 2.16. The number of nitrogens with zero attached hydrogens (tertiary/aromatic N) is 2. The SMILES string of the molecule is Oc1cc(SCc2nc3ccccc3[nH]2)c(O)n1-c1cccc(Cl)c1. The lowest BCUT2D eigenvalue weighted by atomic mass is 10.3. The van der Waals surface area contributed by atoms with Crippen LogP contribution in [0.15, 0.2) is 59.5 Å². The summed E-state index contributed by atoms with van der Waals surface area (Å²) >= 11 is 7.38. The zero-order chi connectivity index (χ0) is 17.4. The Labute approximate surface area is 152 Å². The molecule has 0 aliphatic heterocycles. The second kappa shape index (κ2) is 6.38. The smallest absolute Gasteiger partial charge is 0.212 e. The van der Waals surface area contributed by atoms with E-state index < -0.39 is 0 Å². The fraction of sp³-hybridized carbons (Fsp3) is 0.0556. The molecule has 0 saturated heterocycles. The molecule has 0 spiro atoms. The van der Waals surface area contributed by atoms with Gasteiger partial charge in [-0.1, -0.05) is 29.8 Å². The molecule has 4 rings (SSSR count). The first-order valence-corrected chi connectivity index (χ1v) is 8.94. The van der Waals surface area contributed by atoms with Gasteiger partial charge in [-0.3, -0.25) is 4.57 Å². The van der Waals surface area contributed by atoms with Crippen LogP contribution >= 0.6 is 23.4 Å². The minimum atomic E-state index is -0.0492. The van der Waals surface area contributed by atoms with Crippen LogP contribution in [0, 0.1) is 0 Å². The van der Waals surface area contributed by atoms with Crippen molar-refractivity contribution in [3.05, 3.63) is 65.4 Å². The average molecular weight is 372 g/mol. The Morgan fingerprint density at radius 3 is 2.72 bits per heavy atom. The van der Waals surface area contributed by atoms with E-state index in [2.05, 4.69) is 9.97 Å². The minimum Gasteiger partial charge on any atom is -0.494 e. The van der Waals surface area contributed by atoms with Crippen molar-refractivity contribution in [2.75, 3.05) is 0 Å². The van der Waals surface area contributed by atoms with Crippen LogP contribution in [0.3, 0.4) is 0 Å². The second-order valence-corrected chi connectivity index (χ2v) is 6.95. The van der Waals surface area contributed by atoms with Crippen molar-refractivity contribution in [2.24, 2.45) is 0 Å². The molecule has 0 bridgehead atoms. The molecule has 7 heteroatoms. The third-order valence-corrected chi connectivity index (χ3v) is 5.05. The normalized spacial score (nSPS) is 11.2. The van der Waals surface area contributed by atoms with Crippen LogP contribution in [-0.4, -0.2) is 24.7 Å². The predicted molar refractivity (Wildman–Crippen MR) is 99.8 cm³/mol. The molecule has 0 amide bonds. The molecule has 0 unspecified atom stereocenters. The van der Waals surface area contributed by atoms with Crippen LogP contribution in [0.2, 0.25) is 5.02 Å². The first kappa shape index (κ1) is 15.9. The van der Waals surface area contributed by atoms with Gasteiger partial charge in [0.15, 0.2) is 5.88 Å². The molecule has 0 radical (unpaired) electrons. The summed E-state index contributed by atoms with van der Waals surface area (Å²) in [4.78, 5) is 8.32. The molecular weight excluding hydrogens is 358 g/mol. The Bertz CT molecular complexity index is 1020. The largest absolute Gasteiger partial charge is 0.494 e. The van der Waals surface area contributed by atoms with Crippen molar-refractivity contribution in [3.63, 3.8) is 0 Å². The quantitative estimate of drug-likeness (QED) is 0.454. The maximum absolute atomic E-state index is 10.5. The summed E-state index contributed by atoms with van der Waals surface area (Å²) in [6.45, 7) is 0. The van der Waals surface area contributed by atoms with Crippen molar-refractivity contribution in [1.29, 1.82) is 0 Å². The number of H-pyrrole nitrogens is 1. The van der Waals surface area contributed by atoms with Crippen LogP contribution in [-0.2, 0) is 5.75 Å². The van der Waals surface area contributed by atoms with Gasteiger partial charge in [-0.25, -0.2) is 4.98 Å². The van der Waals surface area contributed by atoms with Crippen molar-refractivity contribution in [2.45, 2.75) is 10.6 Å². The molecule has 25 heavy (non-hydrogen) atoms. The molecule has 2 aromatic heterocycles. The predicted octanol–water partition coefficient (Wildman–Crippen LogP) is 4.71. The Morgan fingerprint density at radius 2 is 1.92 bits per heavy atom. The molecule has 0 atom stereocenters. The monoisotopic (exact) mass is 371 g/mol. The van der Waals surface area contributed by atoms with Gasteiger partial charge in [-0.2, -0.15) is 0 Å². The number of halogens is 1. The number of aromatic amines is 1. The maximum Gasteiger partial charge on any atom is 0.212 e. The third kappa shape index (κ3) is 3.06. The number of imidazole rings is 1. The third-order valence-electron chi connectivity index (χ3n) is 3.79. The molecule has 2 heterocycles. The Morgan fingerprint density at radius 1 is 1.08 bits per heavy atom. The Balaban J connectivity index is 1.60. The zero-order valence-electron chi connectivity index (χ0n) is 13.0. The molecule has 0 aliphatic rings. The summed E-state index contributed by atoms with van der Waals surface area (Å²) in [6, 6.07) is 16.3. The first-order chi connectivity index (χ1) is 12.1. The van der Waals surface area contributed by atoms with Crippen molar-refractivity contribution in [3.8, 4) is 17.4 Å². The van der Waals surface area contributed by atoms with E-state index >= 15 is 0 Å². The van der Waals surface area contributed by atoms with Gasteiger partial charge >= 0.3 is 0 Å². The summed E-state index contributed by atoms with van der Waals surface area (Å²) in [7, 11) is 0. The molecule has 5 nitrogen and oxygen atoms in total. The summed E-state index contributed by atoms with van der Waals surface area (Å²) in [5.41, 5.74) is 2.47. The molecular formula is C18H14ClN3O2S. The topological polar surface area (TPSA) is 74.1 Å². The van der Waals surface area contributed by atoms with Gasteiger partial charge in [0.2, 0.25) is 5.88 Å². The lowest BCUT2D eigenvalue weighted by molar-refractivity contribution is 0.398. The Kier molecular flexibility index (Phi) is 4.07. The number of fused-ring (bicyclic) bond motifs is 1. The number of nitrogens with one attached hydrogen (secondary N) is 1. The standard InChI is InChI=1S/C18H14ClN3O2S/c19-11-4-3-5-12(8-11)22-17(23)9-15(18(22)24)25-10-16-20-13-6-1-2-7-14(13)21-16/h1-9,23-24H,10H2,(H,20,21). The number of aromatic nitrogens is 3. The number of hydrogen-bond acceptors (Lipinski definition) is 4. The van der Waals surface area contributed by atoms with Gasteiger partial charge in [0, 0.05) is 11.1 Å². The molecule has 0 saturated carbocycles. The average Bonchev–Trinajstić information content (AvgIpc) is 3.13. The number of benzene rings is 2. The van der Waals surface area contributed by atoms with Gasteiger partial charge in [0.05, 0.1) is 27.4 Å². The Hall–Kier alpha value is -2.57. The highest BCUT2D eigenvalue weighted by atomic mass is 35.5. The highest BCUT2D eigenvalue weighted by molar-refractivity contribution is 7.98. The van der Waals surface area contributed by atoms with Crippen LogP contribution in [0.25, 0.3) is 16.7 Å². The number of para-hydroxylation sites is 2. The van der Waals surface area contributed by atoms with E-state index in [1.54, 1.807) is 24.3 Å². The second-order valence-electron chi connectivity index (χ2n) is 5.49. The first-order valence-electron chi connectivity index (χ1n) is 7.58. The van der Waals surface area contributed by atoms with Crippen molar-refractivity contribution < 1.29 is 10.2 Å². The van der Waals surface area contributed by atoms with E-state index in [9.17, 15) is 10.2 Å². The van der Waals surface area contributed by atoms with E-state index in [4.69, 9.17) is 11.6 Å². The summed E-state index contributed by atoms with van der Waals surface area (Å²) < 4.78 is 1.35. The number of hydrogen-bond donors (Lipinski definition) is 3. The summed E-state index contributed by atoms with van der Waals surface area (Å²) in [6.07, 6.45) is 0. The summed E-state index contributed by atoms with van der Waals surface area (Å²) in [5, 5.41) is 21.2. The molecule has 0 aliphatic carbocycles. The molecule has 126 valence electrons. The van der Waals surface area contributed by atoms with Crippen LogP contribution in [0.4, 0.5) is 0 Å². The summed E-state index contributed by atoms with van der Waals surface area (Å²) in [5.74, 6) is 1.27. The van der Waals surface area contributed by atoms with E-state index in [-0.39, 0.29) is 11.8 Å². The molecule has 4 aromatic rings. The van der Waals surface area contributed by atoms with E-state index in [0.29, 0.717) is 21.4 Å². The van der Waals surface area contributed by atoms with E-state index in [1.807, 2.05) is 24.3 Å². The van der Waals surface area contributed by atoms with Gasteiger partial charge in [0.1, 0.15) is 5.82 Å². The highest BCUT2D eigenvalue weighted by Crippen LogP contribution is 2.39. The fourth-order valence-corrected chi connectivity index (χ4v) is 3.68. The van der Waals surface area contributed by atoms with Gasteiger partial charge in [-0.05, 0) is 30.3 Å². The fourth-order valence-electron chi connectivity index (χ4n) is 2.66. The lowest BCUT2D eigenvalue weighted by Gasteiger charge is -2.07. The molecule has 3 N–H and O–H groups in total. The van der Waals surface area contributed by atoms with Crippen LogP contribution in [0.1, 0.15) is 5.82 Å². The zero-order valence-corrected chi connectivity index (χ0v) is 14.6. The minimum absolute atomic E-state index is 0.0270. The molecule has 2 aromatic carbocycles. The number of thioether (sulfide) groups is 1. The van der Waals surface area contributed by atoms with Crippen LogP contribution in [0.5, 0.6) is 11.8 Å². The van der Waals surface area contributed by atoms with Crippen molar-refractivity contribution >= 4 is 34.4 Å². The number of rotatable bonds is 4.